The smallest absolute Gasteiger partial charge is 0.155 e. The Kier molecular flexibility index (Phi) is 5.07. The number of hydrogen-bond acceptors (Lipinski definition) is 3. The summed E-state index contributed by atoms with van der Waals surface area (Å²) >= 11 is 5.65. The van der Waals surface area contributed by atoms with Gasteiger partial charge in [0.25, 0.3) is 0 Å². The zero-order valence-corrected chi connectivity index (χ0v) is 11.2. The number of hydroxylamine groups is 1. The molecule has 3 nitrogen and oxygen atoms in total. The quantitative estimate of drug-likeness (QED) is 0.651. The third-order valence-electron chi connectivity index (χ3n) is 2.56. The Morgan fingerprint density at radius 3 is 2.16 bits per heavy atom. The zero-order chi connectivity index (χ0) is 13.5. The van der Waals surface area contributed by atoms with Crippen LogP contribution in [-0.4, -0.2) is 23.6 Å². The number of para-hydroxylation sites is 2. The van der Waals surface area contributed by atoms with Gasteiger partial charge in [-0.05, 0) is 24.3 Å². The maximum absolute atomic E-state index is 9.71. The first-order valence-corrected chi connectivity index (χ1v) is 6.62. The normalized spacial score (nSPS) is 11.9. The van der Waals surface area contributed by atoms with Gasteiger partial charge < -0.3 is 9.94 Å². The number of anilines is 1. The van der Waals surface area contributed by atoms with E-state index in [0.29, 0.717) is 12.3 Å². The highest BCUT2D eigenvalue weighted by Gasteiger charge is 2.13. The monoisotopic (exact) mass is 277 g/mol. The van der Waals surface area contributed by atoms with Crippen LogP contribution in [0.4, 0.5) is 5.69 Å². The largest absolute Gasteiger partial charge is 0.390 e. The summed E-state index contributed by atoms with van der Waals surface area (Å²) in [5, 5.41) is 11.4. The first-order valence-electron chi connectivity index (χ1n) is 6.09. The van der Waals surface area contributed by atoms with E-state index in [1.54, 1.807) is 5.06 Å². The molecule has 2 aromatic rings. The van der Waals surface area contributed by atoms with Crippen molar-refractivity contribution in [1.82, 2.24) is 0 Å². The maximum Gasteiger partial charge on any atom is 0.155 e. The van der Waals surface area contributed by atoms with E-state index in [9.17, 15) is 5.11 Å². The van der Waals surface area contributed by atoms with E-state index in [1.165, 1.54) is 0 Å². The summed E-state index contributed by atoms with van der Waals surface area (Å²) in [5.74, 6) is 0.884. The molecule has 0 heterocycles. The van der Waals surface area contributed by atoms with Crippen molar-refractivity contribution >= 4 is 17.3 Å². The fraction of sp³-hybridized carbons (Fsp3) is 0.200. The molecule has 0 fully saturated rings. The molecule has 1 unspecified atom stereocenters. The molecule has 0 saturated carbocycles. The molecule has 2 aromatic carbocycles. The van der Waals surface area contributed by atoms with Crippen LogP contribution in [0.15, 0.2) is 60.7 Å². The van der Waals surface area contributed by atoms with Crippen LogP contribution >= 0.6 is 11.6 Å². The van der Waals surface area contributed by atoms with Crippen LogP contribution < -0.4 is 9.90 Å². The molecule has 0 aliphatic heterocycles. The molecule has 1 atom stereocenters. The molecule has 0 spiro atoms. The van der Waals surface area contributed by atoms with Crippen molar-refractivity contribution in [3.05, 3.63) is 60.7 Å². The maximum atomic E-state index is 9.71. The first-order chi connectivity index (χ1) is 9.29. The van der Waals surface area contributed by atoms with Gasteiger partial charge in [0.2, 0.25) is 0 Å². The average molecular weight is 278 g/mol. The number of nitrogens with zero attached hydrogens (tertiary/aromatic N) is 1. The summed E-state index contributed by atoms with van der Waals surface area (Å²) < 4.78 is 0. The summed E-state index contributed by atoms with van der Waals surface area (Å²) in [6, 6.07) is 19.1. The van der Waals surface area contributed by atoms with E-state index in [4.69, 9.17) is 16.4 Å². The Hall–Kier alpha value is -1.71. The van der Waals surface area contributed by atoms with Crippen molar-refractivity contribution in [2.75, 3.05) is 17.5 Å². The third kappa shape index (κ3) is 4.16. The molecule has 0 bridgehead atoms. The second-order valence-corrected chi connectivity index (χ2v) is 4.42. The lowest BCUT2D eigenvalue weighted by molar-refractivity contribution is 0.163. The van der Waals surface area contributed by atoms with Crippen molar-refractivity contribution in [3.8, 4) is 5.75 Å². The predicted molar refractivity (Wildman–Crippen MR) is 77.6 cm³/mol. The lowest BCUT2D eigenvalue weighted by Gasteiger charge is -2.26. The highest BCUT2D eigenvalue weighted by Crippen LogP contribution is 2.18. The Morgan fingerprint density at radius 2 is 1.58 bits per heavy atom. The van der Waals surface area contributed by atoms with Gasteiger partial charge in [-0.2, -0.15) is 0 Å². The van der Waals surface area contributed by atoms with Crippen LogP contribution in [0, 0.1) is 0 Å². The summed E-state index contributed by atoms with van der Waals surface area (Å²) in [4.78, 5) is 5.79. The molecule has 0 amide bonds. The fourth-order valence-electron chi connectivity index (χ4n) is 1.64. The standard InChI is InChI=1S/C15H16ClNO2/c16-11-14(18)12-17(13-7-3-1-4-8-13)19-15-9-5-2-6-10-15/h1-10,14,18H,11-12H2. The summed E-state index contributed by atoms with van der Waals surface area (Å²) in [6.45, 7) is 0.308. The molecule has 1 N–H and O–H groups in total. The molecular formula is C15H16ClNO2. The Labute approximate surface area is 118 Å². The fourth-order valence-corrected chi connectivity index (χ4v) is 1.74. The Balaban J connectivity index is 2.15. The molecule has 0 saturated heterocycles. The summed E-state index contributed by atoms with van der Waals surface area (Å²) in [5.41, 5.74) is 0.871. The lowest BCUT2D eigenvalue weighted by Crippen LogP contribution is -2.36. The zero-order valence-electron chi connectivity index (χ0n) is 10.4. The van der Waals surface area contributed by atoms with Crippen molar-refractivity contribution in [2.24, 2.45) is 0 Å². The van der Waals surface area contributed by atoms with Crippen molar-refractivity contribution < 1.29 is 9.94 Å². The van der Waals surface area contributed by atoms with Gasteiger partial charge in [-0.15, -0.1) is 11.6 Å². The van der Waals surface area contributed by atoms with Crippen LogP contribution in [0.3, 0.4) is 0 Å². The number of hydrogen-bond donors (Lipinski definition) is 1. The number of halogens is 1. The van der Waals surface area contributed by atoms with E-state index < -0.39 is 6.10 Å². The second kappa shape index (κ2) is 7.02. The minimum Gasteiger partial charge on any atom is -0.390 e. The Bertz CT molecular complexity index is 478. The first kappa shape index (κ1) is 13.7. The molecule has 0 aliphatic carbocycles. The van der Waals surface area contributed by atoms with E-state index >= 15 is 0 Å². The predicted octanol–water partition coefficient (Wildman–Crippen LogP) is 3.09. The molecule has 2 rings (SSSR count). The van der Waals surface area contributed by atoms with Gasteiger partial charge in [-0.25, -0.2) is 5.06 Å². The van der Waals surface area contributed by atoms with Gasteiger partial charge in [0.1, 0.15) is 0 Å². The van der Waals surface area contributed by atoms with Gasteiger partial charge in [-0.1, -0.05) is 36.4 Å². The number of benzene rings is 2. The second-order valence-electron chi connectivity index (χ2n) is 4.11. The van der Waals surface area contributed by atoms with Crippen molar-refractivity contribution in [3.63, 3.8) is 0 Å². The van der Waals surface area contributed by atoms with E-state index in [-0.39, 0.29) is 5.88 Å². The molecular weight excluding hydrogens is 262 g/mol. The lowest BCUT2D eigenvalue weighted by atomic mass is 10.3. The van der Waals surface area contributed by atoms with Crippen LogP contribution in [0.5, 0.6) is 5.75 Å². The highest BCUT2D eigenvalue weighted by atomic mass is 35.5. The SMILES string of the molecule is OC(CCl)CN(Oc1ccccc1)c1ccccc1. The minimum atomic E-state index is -0.648. The summed E-state index contributed by atoms with van der Waals surface area (Å²) in [7, 11) is 0. The van der Waals surface area contributed by atoms with Crippen LogP contribution in [0.25, 0.3) is 0 Å². The van der Waals surface area contributed by atoms with Gasteiger partial charge in [0, 0.05) is 0 Å². The number of aliphatic hydroxyl groups is 1. The van der Waals surface area contributed by atoms with Gasteiger partial charge in [0.15, 0.2) is 5.75 Å². The van der Waals surface area contributed by atoms with E-state index in [0.717, 1.165) is 5.69 Å². The molecule has 0 aromatic heterocycles. The van der Waals surface area contributed by atoms with Crippen molar-refractivity contribution in [1.29, 1.82) is 0 Å². The van der Waals surface area contributed by atoms with Gasteiger partial charge >= 0.3 is 0 Å². The molecule has 100 valence electrons. The summed E-state index contributed by atoms with van der Waals surface area (Å²) in [6.07, 6.45) is -0.648. The van der Waals surface area contributed by atoms with E-state index in [1.807, 2.05) is 60.7 Å². The number of aliphatic hydroxyl groups excluding tert-OH is 1. The highest BCUT2D eigenvalue weighted by molar-refractivity contribution is 6.18. The number of rotatable bonds is 6. The van der Waals surface area contributed by atoms with Gasteiger partial charge in [0.05, 0.1) is 24.2 Å². The molecule has 19 heavy (non-hydrogen) atoms. The van der Waals surface area contributed by atoms with Crippen molar-refractivity contribution in [2.45, 2.75) is 6.10 Å². The molecule has 0 radical (unpaired) electrons. The van der Waals surface area contributed by atoms with Crippen LogP contribution in [-0.2, 0) is 0 Å². The topological polar surface area (TPSA) is 32.7 Å². The minimum absolute atomic E-state index is 0.168. The van der Waals surface area contributed by atoms with Crippen LogP contribution in [0.2, 0.25) is 0 Å². The average Bonchev–Trinajstić information content (AvgIpc) is 2.48. The third-order valence-corrected chi connectivity index (χ3v) is 2.91. The van der Waals surface area contributed by atoms with Gasteiger partial charge in [-0.3, -0.25) is 0 Å². The van der Waals surface area contributed by atoms with E-state index in [2.05, 4.69) is 0 Å². The Morgan fingerprint density at radius 1 is 1.00 bits per heavy atom. The van der Waals surface area contributed by atoms with Crippen LogP contribution in [0.1, 0.15) is 0 Å². The molecule has 4 heteroatoms. The molecule has 0 aliphatic rings. The number of alkyl halides is 1.